The van der Waals surface area contributed by atoms with Crippen LogP contribution in [0.3, 0.4) is 0 Å². The van der Waals surface area contributed by atoms with Crippen molar-refractivity contribution in [1.29, 1.82) is 0 Å². The Labute approximate surface area is 192 Å². The second-order valence-electron chi connectivity index (χ2n) is 7.96. The first-order chi connectivity index (χ1) is 16.0. The van der Waals surface area contributed by atoms with Gasteiger partial charge in [0.1, 0.15) is 11.4 Å². The Hall–Kier alpha value is -3.94. The molecular weight excluding hydrogens is 420 g/mol. The maximum Gasteiger partial charge on any atom is 0.343 e. The number of esters is 1. The molecule has 2 aromatic rings. The van der Waals surface area contributed by atoms with Gasteiger partial charge in [0.2, 0.25) is 11.8 Å². The zero-order valence-electron chi connectivity index (χ0n) is 18.6. The number of rotatable bonds is 5. The number of carbonyl (C=O) groups excluding carboxylic acids is 3. The van der Waals surface area contributed by atoms with Crippen LogP contribution in [0.2, 0.25) is 0 Å². The van der Waals surface area contributed by atoms with E-state index in [2.05, 4.69) is 20.9 Å². The Morgan fingerprint density at radius 2 is 1.82 bits per heavy atom. The van der Waals surface area contributed by atoms with Crippen molar-refractivity contribution < 1.29 is 19.1 Å². The van der Waals surface area contributed by atoms with Crippen molar-refractivity contribution in [2.45, 2.75) is 33.1 Å². The lowest BCUT2D eigenvalue weighted by Crippen LogP contribution is -2.36. The quantitative estimate of drug-likeness (QED) is 0.607. The van der Waals surface area contributed by atoms with Crippen LogP contribution in [0.25, 0.3) is 0 Å². The molecule has 8 heteroatoms. The molecule has 0 radical (unpaired) electrons. The van der Waals surface area contributed by atoms with Gasteiger partial charge >= 0.3 is 5.97 Å². The van der Waals surface area contributed by atoms with Gasteiger partial charge in [-0.05, 0) is 50.5 Å². The molecule has 0 saturated carbocycles. The highest BCUT2D eigenvalue weighted by atomic mass is 16.5. The fourth-order valence-corrected chi connectivity index (χ4v) is 3.99. The van der Waals surface area contributed by atoms with Gasteiger partial charge in [0.25, 0.3) is 0 Å². The number of fused-ring (bicyclic) bond motifs is 2. The van der Waals surface area contributed by atoms with E-state index >= 15 is 0 Å². The van der Waals surface area contributed by atoms with Crippen LogP contribution in [-0.4, -0.2) is 30.2 Å². The summed E-state index contributed by atoms with van der Waals surface area (Å²) in [5, 5.41) is 8.85. The number of allylic oxidation sites excluding steroid dienone is 1. The molecule has 4 rings (SSSR count). The van der Waals surface area contributed by atoms with Crippen LogP contribution in [0.5, 0.6) is 0 Å². The van der Waals surface area contributed by atoms with Gasteiger partial charge in [0.05, 0.1) is 18.0 Å². The summed E-state index contributed by atoms with van der Waals surface area (Å²) in [4.78, 5) is 42.5. The van der Waals surface area contributed by atoms with Crippen molar-refractivity contribution in [3.8, 4) is 0 Å². The van der Waals surface area contributed by atoms with E-state index in [0.717, 1.165) is 16.9 Å². The molecule has 0 aliphatic carbocycles. The molecule has 0 saturated heterocycles. The Morgan fingerprint density at radius 3 is 2.61 bits per heavy atom. The van der Waals surface area contributed by atoms with Gasteiger partial charge in [-0.3, -0.25) is 9.59 Å². The predicted octanol–water partition coefficient (Wildman–Crippen LogP) is 3.69. The number of hydrogen-bond donors (Lipinski definition) is 3. The third-order valence-corrected chi connectivity index (χ3v) is 5.64. The molecule has 33 heavy (non-hydrogen) atoms. The molecule has 0 bridgehead atoms. The average Bonchev–Trinajstić information content (AvgIpc) is 2.92. The Morgan fingerprint density at radius 1 is 1.09 bits per heavy atom. The molecule has 0 fully saturated rings. The number of nitrogens with one attached hydrogen (secondary N) is 3. The van der Waals surface area contributed by atoms with Crippen LogP contribution in [0.4, 0.5) is 17.1 Å². The molecule has 8 nitrogen and oxygen atoms in total. The summed E-state index contributed by atoms with van der Waals surface area (Å²) in [7, 11) is 0. The molecule has 2 aliphatic heterocycles. The number of nitrogens with zero attached hydrogens (tertiary/aromatic N) is 1. The van der Waals surface area contributed by atoms with Gasteiger partial charge < -0.3 is 20.7 Å². The lowest BCUT2D eigenvalue weighted by Gasteiger charge is -2.24. The highest BCUT2D eigenvalue weighted by Gasteiger charge is 2.28. The van der Waals surface area contributed by atoms with Crippen LogP contribution in [-0.2, 0) is 25.5 Å². The molecule has 0 aromatic heterocycles. The summed E-state index contributed by atoms with van der Waals surface area (Å²) in [6.07, 6.45) is 1.08. The minimum absolute atomic E-state index is 0.0885. The van der Waals surface area contributed by atoms with Crippen LogP contribution in [0.1, 0.15) is 32.3 Å². The Balaban J connectivity index is 1.50. The normalized spacial score (nSPS) is 17.0. The topological polar surface area (TPSA) is 109 Å². The number of benzene rings is 2. The number of ether oxygens (including phenoxy) is 1. The standard InChI is InChI=1S/C25H26N4O4/c1-3-33-25(32)22-15(2)26-19-10-6-7-11-20(19)27-23(22)29-21(30)13-12-17-14-16-8-4-5-9-18(16)28-24(17)31/h4-11,17,26H,3,12-14H2,1-2H3,(H,28,31)(H,27,29,30). The first-order valence-electron chi connectivity index (χ1n) is 11.0. The van der Waals surface area contributed by atoms with E-state index in [1.54, 1.807) is 19.9 Å². The maximum atomic E-state index is 12.8. The van der Waals surface area contributed by atoms with Gasteiger partial charge in [0, 0.05) is 23.7 Å². The molecule has 2 aliphatic rings. The van der Waals surface area contributed by atoms with E-state index in [1.807, 2.05) is 42.5 Å². The molecule has 1 unspecified atom stereocenters. The maximum absolute atomic E-state index is 12.8. The molecule has 2 amide bonds. The molecule has 170 valence electrons. The van der Waals surface area contributed by atoms with Crippen LogP contribution in [0.15, 0.2) is 64.8 Å². The smallest absolute Gasteiger partial charge is 0.343 e. The summed E-state index contributed by atoms with van der Waals surface area (Å²) in [5.41, 5.74) is 3.89. The summed E-state index contributed by atoms with van der Waals surface area (Å²) in [5.74, 6) is -1.15. The third kappa shape index (κ3) is 4.95. The molecule has 3 N–H and O–H groups in total. The number of aliphatic imine (C=N–C) groups is 1. The monoisotopic (exact) mass is 446 g/mol. The summed E-state index contributed by atoms with van der Waals surface area (Å²) in [6.45, 7) is 3.65. The highest BCUT2D eigenvalue weighted by Crippen LogP contribution is 2.30. The second kappa shape index (κ2) is 9.68. The van der Waals surface area contributed by atoms with Crippen molar-refractivity contribution in [2.24, 2.45) is 10.9 Å². The molecule has 2 heterocycles. The lowest BCUT2D eigenvalue weighted by molar-refractivity contribution is -0.137. The SMILES string of the molecule is CCOC(=O)C1=C(C)Nc2ccccc2N=C1NC(=O)CCC1Cc2ccccc2NC1=O. The van der Waals surface area contributed by atoms with Gasteiger partial charge in [-0.1, -0.05) is 30.3 Å². The van der Waals surface area contributed by atoms with E-state index in [9.17, 15) is 14.4 Å². The summed E-state index contributed by atoms with van der Waals surface area (Å²) >= 11 is 0. The van der Waals surface area contributed by atoms with Gasteiger partial charge in [-0.2, -0.15) is 0 Å². The van der Waals surface area contributed by atoms with E-state index in [1.165, 1.54) is 0 Å². The predicted molar refractivity (Wildman–Crippen MR) is 126 cm³/mol. The summed E-state index contributed by atoms with van der Waals surface area (Å²) < 4.78 is 5.20. The number of amidine groups is 1. The van der Waals surface area contributed by atoms with Crippen LogP contribution < -0.4 is 16.0 Å². The van der Waals surface area contributed by atoms with E-state index in [-0.39, 0.29) is 42.2 Å². The largest absolute Gasteiger partial charge is 0.462 e. The van der Waals surface area contributed by atoms with Crippen molar-refractivity contribution in [1.82, 2.24) is 5.32 Å². The van der Waals surface area contributed by atoms with Gasteiger partial charge in [0.15, 0.2) is 0 Å². The first-order valence-corrected chi connectivity index (χ1v) is 11.0. The Bertz CT molecular complexity index is 1170. The van der Waals surface area contributed by atoms with Gasteiger partial charge in [-0.15, -0.1) is 0 Å². The zero-order chi connectivity index (χ0) is 23.4. The molecular formula is C25H26N4O4. The first kappa shape index (κ1) is 22.3. The minimum Gasteiger partial charge on any atom is -0.462 e. The second-order valence-corrected chi connectivity index (χ2v) is 7.96. The number of anilines is 2. The van der Waals surface area contributed by atoms with E-state index in [0.29, 0.717) is 24.2 Å². The van der Waals surface area contributed by atoms with Crippen molar-refractivity contribution in [2.75, 3.05) is 17.2 Å². The average molecular weight is 447 g/mol. The van der Waals surface area contributed by atoms with Crippen molar-refractivity contribution >= 4 is 40.7 Å². The van der Waals surface area contributed by atoms with Crippen molar-refractivity contribution in [3.63, 3.8) is 0 Å². The highest BCUT2D eigenvalue weighted by molar-refractivity contribution is 6.24. The molecule has 1 atom stereocenters. The Kier molecular flexibility index (Phi) is 6.53. The third-order valence-electron chi connectivity index (χ3n) is 5.64. The van der Waals surface area contributed by atoms with Crippen LogP contribution >= 0.6 is 0 Å². The molecule has 2 aromatic carbocycles. The zero-order valence-corrected chi connectivity index (χ0v) is 18.6. The number of hydrogen-bond acceptors (Lipinski definition) is 6. The van der Waals surface area contributed by atoms with Gasteiger partial charge in [-0.25, -0.2) is 9.79 Å². The number of carbonyl (C=O) groups is 3. The van der Waals surface area contributed by atoms with Crippen molar-refractivity contribution in [3.05, 3.63) is 65.4 Å². The van der Waals surface area contributed by atoms with Crippen LogP contribution in [0, 0.1) is 5.92 Å². The fourth-order valence-electron chi connectivity index (χ4n) is 3.99. The number of para-hydroxylation sites is 3. The van der Waals surface area contributed by atoms with E-state index < -0.39 is 5.97 Å². The fraction of sp³-hybridized carbons (Fsp3) is 0.280. The number of amides is 2. The summed E-state index contributed by atoms with van der Waals surface area (Å²) in [6, 6.07) is 15.0. The lowest BCUT2D eigenvalue weighted by atomic mass is 9.89. The molecule has 0 spiro atoms. The minimum atomic E-state index is -0.572. The van der Waals surface area contributed by atoms with E-state index in [4.69, 9.17) is 4.74 Å².